The van der Waals surface area contributed by atoms with Gasteiger partial charge in [-0.1, -0.05) is 0 Å². The van der Waals surface area contributed by atoms with E-state index in [1.54, 1.807) is 6.07 Å². The fraction of sp³-hybridized carbons (Fsp3) is 0.571. The fourth-order valence-corrected chi connectivity index (χ4v) is 2.35. The smallest absolute Gasteiger partial charge is 0.261 e. The van der Waals surface area contributed by atoms with Crippen LogP contribution in [-0.2, 0) is 12.8 Å². The van der Waals surface area contributed by atoms with E-state index >= 15 is 0 Å². The zero-order valence-electron chi connectivity index (χ0n) is 11.7. The number of aromatic nitrogens is 1. The predicted molar refractivity (Wildman–Crippen MR) is 81.6 cm³/mol. The SMILES string of the molecule is CC(N)CCNC(=O)c1cc2c([nH]c1=O)CCCC2.Cl. The summed E-state index contributed by atoms with van der Waals surface area (Å²) < 4.78 is 0. The zero-order valence-corrected chi connectivity index (χ0v) is 12.5. The number of halogens is 1. The molecule has 1 amide bonds. The van der Waals surface area contributed by atoms with E-state index < -0.39 is 0 Å². The first-order valence-corrected chi connectivity index (χ1v) is 6.87. The van der Waals surface area contributed by atoms with E-state index in [1.165, 1.54) is 0 Å². The number of carbonyl (C=O) groups is 1. The van der Waals surface area contributed by atoms with Crippen LogP contribution in [0.5, 0.6) is 0 Å². The first-order chi connectivity index (χ1) is 9.08. The molecule has 1 aromatic rings. The first kappa shape index (κ1) is 16.7. The third-order valence-corrected chi connectivity index (χ3v) is 3.47. The molecule has 0 fully saturated rings. The van der Waals surface area contributed by atoms with Crippen molar-refractivity contribution < 1.29 is 4.79 Å². The summed E-state index contributed by atoms with van der Waals surface area (Å²) in [5.74, 6) is -0.310. The first-order valence-electron chi connectivity index (χ1n) is 6.87. The summed E-state index contributed by atoms with van der Waals surface area (Å²) in [7, 11) is 0. The van der Waals surface area contributed by atoms with Crippen molar-refractivity contribution in [1.82, 2.24) is 10.3 Å². The van der Waals surface area contributed by atoms with Crippen molar-refractivity contribution in [3.63, 3.8) is 0 Å². The monoisotopic (exact) mass is 299 g/mol. The van der Waals surface area contributed by atoms with Crippen LogP contribution in [0.25, 0.3) is 0 Å². The van der Waals surface area contributed by atoms with Gasteiger partial charge in [0.25, 0.3) is 11.5 Å². The number of aryl methyl sites for hydroxylation is 2. The molecule has 1 aliphatic carbocycles. The molecule has 0 aliphatic heterocycles. The van der Waals surface area contributed by atoms with E-state index in [9.17, 15) is 9.59 Å². The molecule has 1 unspecified atom stereocenters. The highest BCUT2D eigenvalue weighted by Crippen LogP contribution is 2.18. The molecule has 0 radical (unpaired) electrons. The molecule has 4 N–H and O–H groups in total. The Bertz CT molecular complexity index is 526. The van der Waals surface area contributed by atoms with Crippen LogP contribution in [0.15, 0.2) is 10.9 Å². The molecule has 0 aromatic carbocycles. The average Bonchev–Trinajstić information content (AvgIpc) is 2.37. The highest BCUT2D eigenvalue weighted by Gasteiger charge is 2.16. The van der Waals surface area contributed by atoms with Gasteiger partial charge in [-0.2, -0.15) is 0 Å². The van der Waals surface area contributed by atoms with Gasteiger partial charge < -0.3 is 16.0 Å². The Kier molecular flexibility index (Phi) is 6.23. The van der Waals surface area contributed by atoms with E-state index in [2.05, 4.69) is 10.3 Å². The number of amides is 1. The Balaban J connectivity index is 0.00000200. The lowest BCUT2D eigenvalue weighted by Gasteiger charge is -2.16. The van der Waals surface area contributed by atoms with Crippen LogP contribution in [0, 0.1) is 0 Å². The second-order valence-electron chi connectivity index (χ2n) is 5.24. The fourth-order valence-electron chi connectivity index (χ4n) is 2.35. The second-order valence-corrected chi connectivity index (χ2v) is 5.24. The molecule has 0 spiro atoms. The molecular formula is C14H22ClN3O2. The van der Waals surface area contributed by atoms with Crippen molar-refractivity contribution in [3.8, 4) is 0 Å². The minimum absolute atomic E-state index is 0. The number of hydrogen-bond acceptors (Lipinski definition) is 3. The quantitative estimate of drug-likeness (QED) is 0.779. The number of carbonyl (C=O) groups excluding carboxylic acids is 1. The van der Waals surface area contributed by atoms with E-state index in [0.717, 1.165) is 36.9 Å². The molecule has 1 atom stereocenters. The maximum absolute atomic E-state index is 12.0. The van der Waals surface area contributed by atoms with E-state index in [-0.39, 0.29) is 35.5 Å². The summed E-state index contributed by atoms with van der Waals surface area (Å²) >= 11 is 0. The minimum Gasteiger partial charge on any atom is -0.352 e. The number of pyridine rings is 1. The number of hydrogen-bond donors (Lipinski definition) is 3. The highest BCUT2D eigenvalue weighted by molar-refractivity contribution is 5.94. The number of H-pyrrole nitrogens is 1. The summed E-state index contributed by atoms with van der Waals surface area (Å²) in [5.41, 5.74) is 7.63. The molecule has 2 rings (SSSR count). The third-order valence-electron chi connectivity index (χ3n) is 3.47. The van der Waals surface area contributed by atoms with Crippen molar-refractivity contribution in [1.29, 1.82) is 0 Å². The molecule has 0 saturated carbocycles. The normalized spacial score (nSPS) is 14.9. The molecule has 1 aliphatic rings. The van der Waals surface area contributed by atoms with Gasteiger partial charge in [-0.15, -0.1) is 12.4 Å². The summed E-state index contributed by atoms with van der Waals surface area (Å²) in [4.78, 5) is 26.7. The summed E-state index contributed by atoms with van der Waals surface area (Å²) in [5, 5.41) is 2.74. The van der Waals surface area contributed by atoms with Crippen molar-refractivity contribution in [2.24, 2.45) is 5.73 Å². The van der Waals surface area contributed by atoms with Crippen molar-refractivity contribution in [2.45, 2.75) is 45.1 Å². The van der Waals surface area contributed by atoms with Crippen LogP contribution in [0.1, 0.15) is 47.8 Å². The second kappa shape index (κ2) is 7.45. The van der Waals surface area contributed by atoms with Crippen LogP contribution in [0.2, 0.25) is 0 Å². The van der Waals surface area contributed by atoms with Crippen LogP contribution < -0.4 is 16.6 Å². The Morgan fingerprint density at radius 2 is 2.15 bits per heavy atom. The van der Waals surface area contributed by atoms with Gasteiger partial charge in [0.2, 0.25) is 0 Å². The van der Waals surface area contributed by atoms with Gasteiger partial charge in [0, 0.05) is 18.3 Å². The van der Waals surface area contributed by atoms with Gasteiger partial charge in [-0.05, 0) is 50.7 Å². The van der Waals surface area contributed by atoms with Crippen LogP contribution in [-0.4, -0.2) is 23.5 Å². The maximum Gasteiger partial charge on any atom is 0.261 e. The predicted octanol–water partition coefficient (Wildman–Crippen LogP) is 1.14. The molecule has 20 heavy (non-hydrogen) atoms. The minimum atomic E-state index is -0.310. The zero-order chi connectivity index (χ0) is 13.8. The summed E-state index contributed by atoms with van der Waals surface area (Å²) in [6.07, 6.45) is 4.76. The van der Waals surface area contributed by atoms with Gasteiger partial charge in [0.1, 0.15) is 5.56 Å². The number of nitrogens with two attached hydrogens (primary N) is 1. The topological polar surface area (TPSA) is 88.0 Å². The maximum atomic E-state index is 12.0. The Morgan fingerprint density at radius 1 is 1.45 bits per heavy atom. The molecule has 0 saturated heterocycles. The molecule has 0 bridgehead atoms. The molecule has 5 nitrogen and oxygen atoms in total. The van der Waals surface area contributed by atoms with E-state index in [0.29, 0.717) is 13.0 Å². The van der Waals surface area contributed by atoms with Gasteiger partial charge in [0.15, 0.2) is 0 Å². The Hall–Kier alpha value is -1.33. The summed E-state index contributed by atoms with van der Waals surface area (Å²) in [6.45, 7) is 2.38. The standard InChI is InChI=1S/C14H21N3O2.ClH/c1-9(15)6-7-16-13(18)11-8-10-4-2-3-5-12(10)17-14(11)19;/h8-9H,2-7,15H2,1H3,(H,16,18)(H,17,19);1H. The number of aromatic amines is 1. The van der Waals surface area contributed by atoms with Crippen LogP contribution >= 0.6 is 12.4 Å². The average molecular weight is 300 g/mol. The molecular weight excluding hydrogens is 278 g/mol. The number of rotatable bonds is 4. The molecule has 112 valence electrons. The van der Waals surface area contributed by atoms with Crippen molar-refractivity contribution in [2.75, 3.05) is 6.54 Å². The Labute approximate surface area is 124 Å². The molecule has 1 heterocycles. The van der Waals surface area contributed by atoms with E-state index in [4.69, 9.17) is 5.73 Å². The largest absolute Gasteiger partial charge is 0.352 e. The number of nitrogens with one attached hydrogen (secondary N) is 2. The van der Waals surface area contributed by atoms with E-state index in [1.807, 2.05) is 6.92 Å². The summed E-state index contributed by atoms with van der Waals surface area (Å²) in [6, 6.07) is 1.79. The highest BCUT2D eigenvalue weighted by atomic mass is 35.5. The van der Waals surface area contributed by atoms with Crippen molar-refractivity contribution >= 4 is 18.3 Å². The van der Waals surface area contributed by atoms with Crippen LogP contribution in [0.4, 0.5) is 0 Å². The third kappa shape index (κ3) is 4.08. The van der Waals surface area contributed by atoms with Crippen LogP contribution in [0.3, 0.4) is 0 Å². The van der Waals surface area contributed by atoms with Gasteiger partial charge in [-0.3, -0.25) is 9.59 Å². The van der Waals surface area contributed by atoms with Gasteiger partial charge in [-0.25, -0.2) is 0 Å². The number of fused-ring (bicyclic) bond motifs is 1. The molecule has 6 heteroatoms. The van der Waals surface area contributed by atoms with Gasteiger partial charge >= 0.3 is 0 Å². The van der Waals surface area contributed by atoms with Crippen molar-refractivity contribution in [3.05, 3.63) is 33.2 Å². The lowest BCUT2D eigenvalue weighted by molar-refractivity contribution is 0.0951. The lowest BCUT2D eigenvalue weighted by Crippen LogP contribution is -2.33. The Morgan fingerprint density at radius 3 is 2.85 bits per heavy atom. The lowest BCUT2D eigenvalue weighted by atomic mass is 9.95. The van der Waals surface area contributed by atoms with Gasteiger partial charge in [0.05, 0.1) is 0 Å². The molecule has 1 aromatic heterocycles.